The summed E-state index contributed by atoms with van der Waals surface area (Å²) < 4.78 is 20.8. The molecule has 7 nitrogen and oxygen atoms in total. The van der Waals surface area contributed by atoms with Crippen LogP contribution in [0.2, 0.25) is 0 Å². The van der Waals surface area contributed by atoms with Gasteiger partial charge in [0, 0.05) is 34.2 Å². The lowest BCUT2D eigenvalue weighted by atomic mass is 10.1. The number of carbonyl (C=O) groups is 2. The summed E-state index contributed by atoms with van der Waals surface area (Å²) in [7, 11) is 4.73. The molecule has 24 heavy (non-hydrogen) atoms. The Balaban J connectivity index is 0. The normalized spacial score (nSPS) is 23.4. The summed E-state index contributed by atoms with van der Waals surface area (Å²) in [6.45, 7) is 7.57. The van der Waals surface area contributed by atoms with Crippen LogP contribution in [0.15, 0.2) is 0 Å². The molecule has 0 aromatic rings. The predicted molar refractivity (Wildman–Crippen MR) is 91.2 cm³/mol. The molecule has 0 saturated carbocycles. The van der Waals surface area contributed by atoms with E-state index in [9.17, 15) is 14.7 Å². The second-order valence-electron chi connectivity index (χ2n) is 5.41. The lowest BCUT2D eigenvalue weighted by Gasteiger charge is -2.25. The van der Waals surface area contributed by atoms with Gasteiger partial charge in [-0.3, -0.25) is 0 Å². The van der Waals surface area contributed by atoms with E-state index in [0.717, 1.165) is 0 Å². The van der Waals surface area contributed by atoms with Crippen molar-refractivity contribution in [2.24, 2.45) is 0 Å². The van der Waals surface area contributed by atoms with Crippen molar-refractivity contribution in [2.75, 3.05) is 34.5 Å². The molecule has 0 amide bonds. The quantitative estimate of drug-likeness (QED) is 0.742. The fourth-order valence-corrected chi connectivity index (χ4v) is 1.69. The Labute approximate surface area is 145 Å². The lowest BCUT2D eigenvalue weighted by molar-refractivity contribution is -0.117. The van der Waals surface area contributed by atoms with Gasteiger partial charge in [-0.25, -0.2) is 0 Å². The van der Waals surface area contributed by atoms with Crippen LogP contribution in [0, 0.1) is 0 Å². The number of hydrogen-bond donors (Lipinski definition) is 1. The third kappa shape index (κ3) is 11.6. The first kappa shape index (κ1) is 25.4. The van der Waals surface area contributed by atoms with Crippen molar-refractivity contribution in [1.82, 2.24) is 0 Å². The van der Waals surface area contributed by atoms with Gasteiger partial charge < -0.3 is 33.6 Å². The molecule has 1 heterocycles. The maximum Gasteiger partial charge on any atom is 0.129 e. The minimum Gasteiger partial charge on any atom is -0.388 e. The van der Waals surface area contributed by atoms with Crippen LogP contribution in [0.25, 0.3) is 0 Å². The third-order valence-corrected chi connectivity index (χ3v) is 3.43. The van der Waals surface area contributed by atoms with Gasteiger partial charge >= 0.3 is 0 Å². The Hall–Kier alpha value is -0.860. The number of ketones is 2. The molecule has 0 aliphatic carbocycles. The molecule has 1 fully saturated rings. The number of aliphatic hydroxyl groups excluding tert-OH is 1. The van der Waals surface area contributed by atoms with Crippen molar-refractivity contribution >= 4 is 11.6 Å². The topological polar surface area (TPSA) is 91.3 Å². The first-order valence-electron chi connectivity index (χ1n) is 8.11. The smallest absolute Gasteiger partial charge is 0.129 e. The highest BCUT2D eigenvalue weighted by atomic mass is 16.6. The number of aliphatic hydroxyl groups is 1. The molecule has 1 saturated heterocycles. The highest BCUT2D eigenvalue weighted by Crippen LogP contribution is 2.21. The van der Waals surface area contributed by atoms with Gasteiger partial charge in [0.2, 0.25) is 0 Å². The molecular formula is C17H34O7. The maximum absolute atomic E-state index is 9.81. The van der Waals surface area contributed by atoms with Gasteiger partial charge in [0.15, 0.2) is 0 Å². The number of ether oxygens (including phenoxy) is 4. The van der Waals surface area contributed by atoms with Crippen molar-refractivity contribution in [1.29, 1.82) is 0 Å². The number of rotatable bonds is 7. The summed E-state index contributed by atoms with van der Waals surface area (Å²) in [6, 6.07) is 0. The summed E-state index contributed by atoms with van der Waals surface area (Å²) >= 11 is 0. The zero-order valence-corrected chi connectivity index (χ0v) is 16.0. The largest absolute Gasteiger partial charge is 0.388 e. The van der Waals surface area contributed by atoms with Crippen LogP contribution in [-0.2, 0) is 28.5 Å². The van der Waals surface area contributed by atoms with Crippen molar-refractivity contribution < 1.29 is 33.6 Å². The van der Waals surface area contributed by atoms with Gasteiger partial charge in [-0.2, -0.15) is 0 Å². The molecular weight excluding hydrogens is 316 g/mol. The minimum atomic E-state index is -0.584. The molecule has 1 N–H and O–H groups in total. The van der Waals surface area contributed by atoms with E-state index >= 15 is 0 Å². The van der Waals surface area contributed by atoms with Gasteiger partial charge in [-0.15, -0.1) is 0 Å². The Bertz CT molecular complexity index is 319. The Morgan fingerprint density at radius 3 is 1.88 bits per heavy atom. The molecule has 0 aromatic heterocycles. The van der Waals surface area contributed by atoms with Gasteiger partial charge in [0.1, 0.15) is 36.0 Å². The zero-order chi connectivity index (χ0) is 19.1. The van der Waals surface area contributed by atoms with E-state index in [0.29, 0.717) is 19.4 Å². The summed E-state index contributed by atoms with van der Waals surface area (Å²) in [5.74, 6) is 0.509. The number of Topliss-reactive ketones (excluding diaryl/α,β-unsaturated/α-hetero) is 2. The van der Waals surface area contributed by atoms with E-state index in [-0.39, 0.29) is 36.5 Å². The molecule has 0 bridgehead atoms. The van der Waals surface area contributed by atoms with Gasteiger partial charge in [-0.1, -0.05) is 13.8 Å². The molecule has 4 atom stereocenters. The summed E-state index contributed by atoms with van der Waals surface area (Å²) in [5.41, 5.74) is 0. The fourth-order valence-electron chi connectivity index (χ4n) is 1.69. The number of hydrogen-bond acceptors (Lipinski definition) is 7. The SMILES string of the molecule is CCC(C)=O.CCC(C)=O.COCC(OC)C1OCC(O)C1OC. The van der Waals surface area contributed by atoms with Crippen molar-refractivity contribution in [3.8, 4) is 0 Å². The van der Waals surface area contributed by atoms with Crippen LogP contribution in [0.3, 0.4) is 0 Å². The molecule has 1 aliphatic heterocycles. The second kappa shape index (κ2) is 15.7. The van der Waals surface area contributed by atoms with Crippen molar-refractivity contribution in [2.45, 2.75) is 65.0 Å². The molecule has 144 valence electrons. The molecule has 0 spiro atoms. The van der Waals surface area contributed by atoms with Gasteiger partial charge in [-0.05, 0) is 13.8 Å². The summed E-state index contributed by atoms with van der Waals surface area (Å²) in [4.78, 5) is 19.6. The molecule has 0 radical (unpaired) electrons. The average Bonchev–Trinajstić information content (AvgIpc) is 2.94. The number of carbonyl (C=O) groups excluding carboxylic acids is 2. The predicted octanol–water partition coefficient (Wildman–Crippen LogP) is 1.39. The molecule has 1 rings (SSSR count). The molecule has 1 aliphatic rings. The third-order valence-electron chi connectivity index (χ3n) is 3.43. The Morgan fingerprint density at radius 1 is 1.12 bits per heavy atom. The zero-order valence-electron chi connectivity index (χ0n) is 16.0. The van der Waals surface area contributed by atoms with Gasteiger partial charge in [0.25, 0.3) is 0 Å². The van der Waals surface area contributed by atoms with E-state index in [2.05, 4.69) is 0 Å². The maximum atomic E-state index is 9.81. The summed E-state index contributed by atoms with van der Waals surface area (Å²) in [5, 5.41) is 9.53. The van der Waals surface area contributed by atoms with E-state index < -0.39 is 6.10 Å². The Morgan fingerprint density at radius 2 is 1.58 bits per heavy atom. The first-order valence-corrected chi connectivity index (χ1v) is 8.11. The number of methoxy groups -OCH3 is 3. The van der Waals surface area contributed by atoms with Crippen LogP contribution in [0.1, 0.15) is 40.5 Å². The van der Waals surface area contributed by atoms with Crippen LogP contribution in [0.4, 0.5) is 0 Å². The highest BCUT2D eigenvalue weighted by molar-refractivity contribution is 5.75. The first-order chi connectivity index (χ1) is 11.3. The highest BCUT2D eigenvalue weighted by Gasteiger charge is 2.41. The average molecular weight is 350 g/mol. The van der Waals surface area contributed by atoms with E-state index in [4.69, 9.17) is 18.9 Å². The minimum absolute atomic E-state index is 0.206. The van der Waals surface area contributed by atoms with Crippen molar-refractivity contribution in [3.63, 3.8) is 0 Å². The van der Waals surface area contributed by atoms with Gasteiger partial charge in [0.05, 0.1) is 13.2 Å². The molecule has 0 aromatic carbocycles. The standard InChI is InChI=1S/C9H18O5.2C4H8O/c1-11-5-7(12-2)9-8(13-3)6(10)4-14-9;2*1-3-4(2)5/h6-10H,4-5H2,1-3H3;2*3H2,1-2H3. The van der Waals surface area contributed by atoms with Crippen LogP contribution < -0.4 is 0 Å². The summed E-state index contributed by atoms with van der Waals surface area (Å²) in [6.07, 6.45) is -0.0587. The van der Waals surface area contributed by atoms with Crippen LogP contribution >= 0.6 is 0 Å². The van der Waals surface area contributed by atoms with Crippen LogP contribution in [-0.4, -0.2) is 75.6 Å². The Kier molecular flexibility index (Phi) is 16.6. The molecule has 4 unspecified atom stereocenters. The van der Waals surface area contributed by atoms with E-state index in [1.165, 1.54) is 0 Å². The van der Waals surface area contributed by atoms with Crippen molar-refractivity contribution in [3.05, 3.63) is 0 Å². The lowest BCUT2D eigenvalue weighted by Crippen LogP contribution is -2.43. The van der Waals surface area contributed by atoms with Crippen LogP contribution in [0.5, 0.6) is 0 Å². The van der Waals surface area contributed by atoms with E-state index in [1.54, 1.807) is 35.2 Å². The fraction of sp³-hybridized carbons (Fsp3) is 0.882. The second-order valence-corrected chi connectivity index (χ2v) is 5.41. The van der Waals surface area contributed by atoms with E-state index in [1.807, 2.05) is 13.8 Å². The monoisotopic (exact) mass is 350 g/mol. The molecule has 7 heteroatoms.